The molecule has 2 aromatic carbocycles. The number of anilines is 1. The number of methoxy groups -OCH3 is 2. The molecule has 4 aromatic rings. The van der Waals surface area contributed by atoms with E-state index in [1.54, 1.807) is 18.2 Å². The van der Waals surface area contributed by atoms with Gasteiger partial charge in [0.25, 0.3) is 5.56 Å². The highest BCUT2D eigenvalue weighted by molar-refractivity contribution is 7.21. The summed E-state index contributed by atoms with van der Waals surface area (Å²) in [6, 6.07) is 14.0. The van der Waals surface area contributed by atoms with Crippen LogP contribution in [0.2, 0.25) is 0 Å². The Morgan fingerprint density at radius 2 is 1.93 bits per heavy atom. The van der Waals surface area contributed by atoms with E-state index in [1.807, 2.05) is 35.2 Å². The maximum Gasteiger partial charge on any atom is 0.302 e. The first kappa shape index (κ1) is 27.5. The number of benzene rings is 2. The fraction of sp³-hybridized carbons (Fsp3) is 0.357. The second-order valence-corrected chi connectivity index (χ2v) is 10.6. The van der Waals surface area contributed by atoms with E-state index in [0.717, 1.165) is 27.9 Å². The predicted octanol–water partition coefficient (Wildman–Crippen LogP) is 4.32. The van der Waals surface area contributed by atoms with E-state index in [9.17, 15) is 18.4 Å². The summed E-state index contributed by atoms with van der Waals surface area (Å²) in [4.78, 5) is 37.3. The molecule has 3 heterocycles. The molecule has 1 amide bonds. The fourth-order valence-electron chi connectivity index (χ4n) is 4.83. The van der Waals surface area contributed by atoms with Crippen LogP contribution < -0.4 is 25.2 Å². The summed E-state index contributed by atoms with van der Waals surface area (Å²) >= 11 is 1.04. The third kappa shape index (κ3) is 5.48. The summed E-state index contributed by atoms with van der Waals surface area (Å²) in [5, 5.41) is 3.37. The predicted molar refractivity (Wildman–Crippen MR) is 149 cm³/mol. The van der Waals surface area contributed by atoms with Crippen LogP contribution in [0.5, 0.6) is 11.5 Å². The minimum atomic E-state index is -3.40. The van der Waals surface area contributed by atoms with Crippen LogP contribution in [0, 0.1) is 0 Å². The molecule has 0 radical (unpaired) electrons. The van der Waals surface area contributed by atoms with Crippen LogP contribution in [-0.2, 0) is 23.8 Å². The molecule has 1 aliphatic heterocycles. The second-order valence-electron chi connectivity index (χ2n) is 9.60. The smallest absolute Gasteiger partial charge is 0.302 e. The zero-order valence-corrected chi connectivity index (χ0v) is 23.1. The number of hydrogen-bond acceptors (Lipinski definition) is 8. The molecule has 40 heavy (non-hydrogen) atoms. The van der Waals surface area contributed by atoms with Crippen molar-refractivity contribution in [3.63, 3.8) is 0 Å². The van der Waals surface area contributed by atoms with Crippen molar-refractivity contribution in [2.45, 2.75) is 44.8 Å². The number of carbonyl (C=O) groups is 1. The molecule has 1 fully saturated rings. The van der Waals surface area contributed by atoms with E-state index in [0.29, 0.717) is 48.6 Å². The molecule has 0 bridgehead atoms. The van der Waals surface area contributed by atoms with Crippen molar-refractivity contribution in [2.24, 2.45) is 0 Å². The lowest BCUT2D eigenvalue weighted by Crippen LogP contribution is -2.43. The third-order valence-electron chi connectivity index (χ3n) is 6.83. The minimum absolute atomic E-state index is 0.0178. The van der Waals surface area contributed by atoms with Crippen LogP contribution in [0.1, 0.15) is 36.7 Å². The zero-order valence-electron chi connectivity index (χ0n) is 22.3. The molecule has 12 heteroatoms. The zero-order chi connectivity index (χ0) is 28.4. The molecule has 0 spiro atoms. The Morgan fingerprint density at radius 3 is 2.62 bits per heavy atom. The van der Waals surface area contributed by atoms with Gasteiger partial charge in [-0.3, -0.25) is 14.2 Å². The Hall–Kier alpha value is -4.06. The van der Waals surface area contributed by atoms with Crippen LogP contribution in [0.4, 0.5) is 13.9 Å². The summed E-state index contributed by atoms with van der Waals surface area (Å²) in [7, 11) is 2.96. The summed E-state index contributed by atoms with van der Waals surface area (Å²) in [6.07, 6.45) is 1.37. The molecule has 2 aromatic heterocycles. The van der Waals surface area contributed by atoms with Crippen LogP contribution in [0.15, 0.2) is 53.3 Å². The number of halogens is 2. The van der Waals surface area contributed by atoms with Crippen LogP contribution in [-0.4, -0.2) is 47.2 Å². The molecule has 0 aliphatic carbocycles. The monoisotopic (exact) mass is 569 g/mol. The molecular formula is C28H29F2N5O4S. The van der Waals surface area contributed by atoms with Gasteiger partial charge in [0.15, 0.2) is 21.3 Å². The van der Waals surface area contributed by atoms with Gasteiger partial charge in [-0.05, 0) is 30.5 Å². The Balaban J connectivity index is 1.48. The van der Waals surface area contributed by atoms with E-state index in [4.69, 9.17) is 9.47 Å². The molecule has 5 rings (SSSR count). The summed E-state index contributed by atoms with van der Waals surface area (Å²) in [5.74, 6) is -3.31. The molecule has 1 atom stereocenters. The molecule has 210 valence electrons. The summed E-state index contributed by atoms with van der Waals surface area (Å²) < 4.78 is 41.1. The quantitative estimate of drug-likeness (QED) is 0.321. The fourth-order valence-corrected chi connectivity index (χ4v) is 5.83. The van der Waals surface area contributed by atoms with Gasteiger partial charge in [0.2, 0.25) is 5.91 Å². The van der Waals surface area contributed by atoms with Crippen molar-refractivity contribution >= 4 is 32.7 Å². The number of amides is 1. The number of fused-ring (bicyclic) bond motifs is 1. The number of hydrogen-bond donors (Lipinski definition) is 1. The average Bonchev–Trinajstić information content (AvgIpc) is 3.61. The first-order valence-corrected chi connectivity index (χ1v) is 13.6. The number of ether oxygens (including phenoxy) is 2. The molecule has 0 saturated carbocycles. The Morgan fingerprint density at radius 1 is 1.15 bits per heavy atom. The van der Waals surface area contributed by atoms with Crippen LogP contribution >= 0.6 is 11.3 Å². The van der Waals surface area contributed by atoms with Crippen molar-refractivity contribution in [3.8, 4) is 11.5 Å². The largest absolute Gasteiger partial charge is 0.497 e. The number of aromatic nitrogens is 3. The summed E-state index contributed by atoms with van der Waals surface area (Å²) in [6.45, 7) is 1.45. The highest BCUT2D eigenvalue weighted by Crippen LogP contribution is 2.34. The van der Waals surface area contributed by atoms with Crippen LogP contribution in [0.3, 0.4) is 0 Å². The maximum absolute atomic E-state index is 14.8. The molecular weight excluding hydrogens is 540 g/mol. The average molecular weight is 570 g/mol. The van der Waals surface area contributed by atoms with Gasteiger partial charge >= 0.3 is 5.92 Å². The van der Waals surface area contributed by atoms with E-state index >= 15 is 0 Å². The maximum atomic E-state index is 14.8. The van der Waals surface area contributed by atoms with Gasteiger partial charge < -0.3 is 19.7 Å². The van der Waals surface area contributed by atoms with Crippen molar-refractivity contribution < 1.29 is 23.0 Å². The van der Waals surface area contributed by atoms with Gasteiger partial charge in [0.05, 0.1) is 20.8 Å². The molecule has 1 N–H and O–H groups in total. The lowest BCUT2D eigenvalue weighted by atomic mass is 10.1. The van der Waals surface area contributed by atoms with Gasteiger partial charge in [-0.15, -0.1) is 0 Å². The molecule has 9 nitrogen and oxygen atoms in total. The van der Waals surface area contributed by atoms with E-state index in [-0.39, 0.29) is 22.8 Å². The number of nitrogens with zero attached hydrogens (tertiary/aromatic N) is 4. The molecule has 1 aliphatic rings. The van der Waals surface area contributed by atoms with Crippen molar-refractivity contribution in [1.82, 2.24) is 19.9 Å². The number of thiazole rings is 1. The second kappa shape index (κ2) is 11.2. The lowest BCUT2D eigenvalue weighted by molar-refractivity contribution is -0.122. The lowest BCUT2D eigenvalue weighted by Gasteiger charge is -2.23. The van der Waals surface area contributed by atoms with Gasteiger partial charge in [-0.1, -0.05) is 41.7 Å². The van der Waals surface area contributed by atoms with Gasteiger partial charge in [-0.25, -0.2) is 9.97 Å². The first-order chi connectivity index (χ1) is 19.2. The van der Waals surface area contributed by atoms with Gasteiger partial charge in [-0.2, -0.15) is 8.78 Å². The topological polar surface area (TPSA) is 98.6 Å². The highest BCUT2D eigenvalue weighted by atomic mass is 32.1. The Labute approximate surface area is 233 Å². The first-order valence-electron chi connectivity index (χ1n) is 12.8. The number of carbonyl (C=O) groups excluding carboxylic acids is 1. The minimum Gasteiger partial charge on any atom is -0.497 e. The van der Waals surface area contributed by atoms with Crippen LogP contribution in [0.25, 0.3) is 10.3 Å². The Bertz CT molecular complexity index is 1590. The van der Waals surface area contributed by atoms with Crippen molar-refractivity contribution in [3.05, 3.63) is 75.8 Å². The van der Waals surface area contributed by atoms with Gasteiger partial charge in [0, 0.05) is 31.6 Å². The molecule has 0 unspecified atom stereocenters. The number of rotatable bonds is 9. The van der Waals surface area contributed by atoms with E-state index < -0.39 is 23.3 Å². The number of alkyl halides is 2. The van der Waals surface area contributed by atoms with E-state index in [1.165, 1.54) is 14.2 Å². The number of nitrogens with one attached hydrogen (secondary N) is 1. The highest BCUT2D eigenvalue weighted by Gasteiger charge is 2.35. The third-order valence-corrected chi connectivity index (χ3v) is 7.82. The van der Waals surface area contributed by atoms with Gasteiger partial charge in [0.1, 0.15) is 17.5 Å². The molecule has 1 saturated heterocycles. The normalized spacial score (nSPS) is 15.4. The van der Waals surface area contributed by atoms with Crippen molar-refractivity contribution in [1.29, 1.82) is 0 Å². The standard InChI is InChI=1S/C28H29F2N5O4S/c1-28(29,30)26-33-24-22(25(37)35(26)16-18-11-12-19(38-2)14-21(18)39-3)32-27(40-24)34-13-7-10-20(34)23(36)31-15-17-8-5-4-6-9-17/h4-6,8-9,11-12,14,20H,7,10,13,15-16H2,1-3H3,(H,31,36)/t20-/m1/s1. The van der Waals surface area contributed by atoms with Crippen molar-refractivity contribution in [2.75, 3.05) is 25.7 Å². The Kier molecular flexibility index (Phi) is 7.70. The van der Waals surface area contributed by atoms with E-state index in [2.05, 4.69) is 15.3 Å². The SMILES string of the molecule is COc1ccc(Cn2c(C(C)(F)F)nc3sc(N4CCC[C@@H]4C(=O)NCc4ccccc4)nc3c2=O)c(OC)c1. The summed E-state index contributed by atoms with van der Waals surface area (Å²) in [5.41, 5.74) is 0.774.